The second-order valence-electron chi connectivity index (χ2n) is 6.74. The van der Waals surface area contributed by atoms with Crippen LogP contribution < -0.4 is 0 Å². The monoisotopic (exact) mass is 280 g/mol. The van der Waals surface area contributed by atoms with Gasteiger partial charge in [0.05, 0.1) is 0 Å². The zero-order valence-corrected chi connectivity index (χ0v) is 13.3. The number of hydrogen-bond donors (Lipinski definition) is 0. The molecule has 20 heavy (non-hydrogen) atoms. The first-order chi connectivity index (χ1) is 9.47. The predicted molar refractivity (Wildman–Crippen MR) is 79.1 cm³/mol. The summed E-state index contributed by atoms with van der Waals surface area (Å²) in [7, 11) is 0. The number of hydrogen-bond acceptors (Lipinski definition) is 2. The number of nitrogens with zero attached hydrogens (tertiary/aromatic N) is 2. The van der Waals surface area contributed by atoms with Gasteiger partial charge in [0.1, 0.15) is 12.1 Å². The molecule has 0 aliphatic carbocycles. The molecule has 4 nitrogen and oxygen atoms in total. The van der Waals surface area contributed by atoms with Gasteiger partial charge in [-0.3, -0.25) is 9.59 Å². The van der Waals surface area contributed by atoms with Crippen molar-refractivity contribution in [2.24, 2.45) is 11.8 Å². The largest absolute Gasteiger partial charge is 0.329 e. The first-order valence-corrected chi connectivity index (χ1v) is 8.08. The zero-order chi connectivity index (χ0) is 14.9. The summed E-state index contributed by atoms with van der Waals surface area (Å²) in [6.07, 6.45) is 3.97. The number of amides is 2. The number of carbonyl (C=O) groups is 2. The summed E-state index contributed by atoms with van der Waals surface area (Å²) in [6, 6.07) is -0.443. The highest BCUT2D eigenvalue weighted by Crippen LogP contribution is 2.29. The molecule has 2 amide bonds. The Morgan fingerprint density at radius 1 is 1.15 bits per heavy atom. The van der Waals surface area contributed by atoms with Gasteiger partial charge in [0.15, 0.2) is 0 Å². The van der Waals surface area contributed by atoms with Crippen molar-refractivity contribution >= 4 is 11.8 Å². The van der Waals surface area contributed by atoms with Gasteiger partial charge in [0.2, 0.25) is 11.8 Å². The summed E-state index contributed by atoms with van der Waals surface area (Å²) in [6.45, 7) is 9.86. The molecule has 0 radical (unpaired) electrons. The van der Waals surface area contributed by atoms with E-state index in [4.69, 9.17) is 0 Å². The van der Waals surface area contributed by atoms with E-state index in [-0.39, 0.29) is 29.8 Å². The molecule has 2 rings (SSSR count). The van der Waals surface area contributed by atoms with Crippen LogP contribution in [0.3, 0.4) is 0 Å². The lowest BCUT2D eigenvalue weighted by Crippen LogP contribution is -2.67. The van der Waals surface area contributed by atoms with Crippen LogP contribution in [0.5, 0.6) is 0 Å². The molecule has 3 atom stereocenters. The summed E-state index contributed by atoms with van der Waals surface area (Å²) in [5.41, 5.74) is 0. The topological polar surface area (TPSA) is 40.6 Å². The molecule has 0 N–H and O–H groups in total. The van der Waals surface area contributed by atoms with Gasteiger partial charge in [0.25, 0.3) is 0 Å². The van der Waals surface area contributed by atoms with Crippen molar-refractivity contribution in [3.8, 4) is 0 Å². The molecule has 0 aromatic carbocycles. The van der Waals surface area contributed by atoms with Gasteiger partial charge in [0, 0.05) is 13.1 Å². The van der Waals surface area contributed by atoms with Crippen LogP contribution in [0.4, 0.5) is 0 Å². The molecule has 0 aromatic heterocycles. The summed E-state index contributed by atoms with van der Waals surface area (Å²) in [4.78, 5) is 29.3. The van der Waals surface area contributed by atoms with Gasteiger partial charge in [-0.1, -0.05) is 34.1 Å². The van der Waals surface area contributed by atoms with E-state index in [1.54, 1.807) is 0 Å². The third-order valence-electron chi connectivity index (χ3n) is 4.78. The minimum Gasteiger partial charge on any atom is -0.329 e. The Hall–Kier alpha value is -1.06. The van der Waals surface area contributed by atoms with E-state index in [1.165, 1.54) is 0 Å². The maximum absolute atomic E-state index is 12.8. The van der Waals surface area contributed by atoms with Crippen molar-refractivity contribution in [2.45, 2.75) is 65.5 Å². The Morgan fingerprint density at radius 3 is 2.45 bits per heavy atom. The minimum absolute atomic E-state index is 0.174. The fraction of sp³-hybridized carbons (Fsp3) is 0.875. The molecule has 0 bridgehead atoms. The Morgan fingerprint density at radius 2 is 1.85 bits per heavy atom. The van der Waals surface area contributed by atoms with E-state index in [0.29, 0.717) is 12.5 Å². The summed E-state index contributed by atoms with van der Waals surface area (Å²) < 4.78 is 0. The molecular weight excluding hydrogens is 252 g/mol. The molecule has 4 heteroatoms. The first-order valence-electron chi connectivity index (χ1n) is 8.08. The van der Waals surface area contributed by atoms with Gasteiger partial charge >= 0.3 is 0 Å². The fourth-order valence-electron chi connectivity index (χ4n) is 3.40. The molecule has 2 heterocycles. The molecule has 2 aliphatic heterocycles. The van der Waals surface area contributed by atoms with Crippen LogP contribution in [0.1, 0.15) is 53.4 Å². The second-order valence-corrected chi connectivity index (χ2v) is 6.74. The lowest BCUT2D eigenvalue weighted by Gasteiger charge is -2.48. The second kappa shape index (κ2) is 6.15. The quantitative estimate of drug-likeness (QED) is 0.792. The van der Waals surface area contributed by atoms with Crippen molar-refractivity contribution in [2.75, 3.05) is 13.1 Å². The maximum Gasteiger partial charge on any atom is 0.246 e. The highest BCUT2D eigenvalue weighted by atomic mass is 16.2. The maximum atomic E-state index is 12.8. The fourth-order valence-corrected chi connectivity index (χ4v) is 3.40. The molecular formula is C16H28N2O2. The molecule has 0 saturated carbocycles. The molecule has 3 unspecified atom stereocenters. The van der Waals surface area contributed by atoms with Crippen molar-refractivity contribution in [3.05, 3.63) is 0 Å². The zero-order valence-electron chi connectivity index (χ0n) is 13.3. The van der Waals surface area contributed by atoms with Crippen molar-refractivity contribution in [1.29, 1.82) is 0 Å². The average molecular weight is 280 g/mol. The molecule has 2 saturated heterocycles. The van der Waals surface area contributed by atoms with Gasteiger partial charge in [-0.05, 0) is 31.1 Å². The number of piperazine rings is 1. The highest BCUT2D eigenvalue weighted by molar-refractivity contribution is 5.97. The number of carbonyl (C=O) groups excluding carboxylic acids is 2. The molecule has 114 valence electrons. The Kier molecular flexibility index (Phi) is 4.71. The summed E-state index contributed by atoms with van der Waals surface area (Å²) in [5, 5.41) is 0. The molecule has 0 aromatic rings. The summed E-state index contributed by atoms with van der Waals surface area (Å²) >= 11 is 0. The van der Waals surface area contributed by atoms with Gasteiger partial charge in [-0.25, -0.2) is 0 Å². The Labute approximate surface area is 122 Å². The third kappa shape index (κ3) is 2.70. The summed E-state index contributed by atoms with van der Waals surface area (Å²) in [5.74, 6) is 0.984. The van der Waals surface area contributed by atoms with Gasteiger partial charge < -0.3 is 9.80 Å². The standard InChI is InChI=1S/C16H28N2O2/c1-5-12(4)10-18-14(11(2)3)16(20)17-9-7-6-8-13(17)15(18)19/h11-14H,5-10H2,1-4H3. The van der Waals surface area contributed by atoms with E-state index in [2.05, 4.69) is 13.8 Å². The van der Waals surface area contributed by atoms with E-state index >= 15 is 0 Å². The van der Waals surface area contributed by atoms with E-state index < -0.39 is 0 Å². The third-order valence-corrected chi connectivity index (χ3v) is 4.78. The van der Waals surface area contributed by atoms with Gasteiger partial charge in [-0.15, -0.1) is 0 Å². The van der Waals surface area contributed by atoms with E-state index in [9.17, 15) is 9.59 Å². The van der Waals surface area contributed by atoms with Crippen molar-refractivity contribution in [3.63, 3.8) is 0 Å². The Bertz CT molecular complexity index is 381. The lowest BCUT2D eigenvalue weighted by atomic mass is 9.90. The highest BCUT2D eigenvalue weighted by Gasteiger charge is 2.47. The number of rotatable bonds is 4. The van der Waals surface area contributed by atoms with Crippen molar-refractivity contribution < 1.29 is 9.59 Å². The lowest BCUT2D eigenvalue weighted by molar-refractivity contribution is -0.166. The van der Waals surface area contributed by atoms with Crippen LogP contribution >= 0.6 is 0 Å². The molecule has 2 fully saturated rings. The van der Waals surface area contributed by atoms with E-state index in [0.717, 1.165) is 32.2 Å². The number of piperidine rings is 1. The first kappa shape index (κ1) is 15.3. The number of fused-ring (bicyclic) bond motifs is 1. The Balaban J connectivity index is 2.26. The van der Waals surface area contributed by atoms with Crippen molar-refractivity contribution in [1.82, 2.24) is 9.80 Å². The van der Waals surface area contributed by atoms with Gasteiger partial charge in [-0.2, -0.15) is 0 Å². The van der Waals surface area contributed by atoms with Crippen LogP contribution in [-0.4, -0.2) is 46.8 Å². The minimum atomic E-state index is -0.258. The van der Waals surface area contributed by atoms with Crippen LogP contribution in [0.25, 0.3) is 0 Å². The van der Waals surface area contributed by atoms with Crippen LogP contribution in [0.2, 0.25) is 0 Å². The SMILES string of the molecule is CCC(C)CN1C(=O)C2CCCCN2C(=O)C1C(C)C. The molecule has 0 spiro atoms. The normalized spacial score (nSPS) is 28.9. The van der Waals surface area contributed by atoms with Crippen LogP contribution in [0, 0.1) is 11.8 Å². The van der Waals surface area contributed by atoms with Crippen LogP contribution in [0.15, 0.2) is 0 Å². The smallest absolute Gasteiger partial charge is 0.246 e. The predicted octanol–water partition coefficient (Wildman–Crippen LogP) is 2.28. The average Bonchev–Trinajstić information content (AvgIpc) is 2.44. The van der Waals surface area contributed by atoms with Crippen LogP contribution in [-0.2, 0) is 9.59 Å². The molecule has 2 aliphatic rings. The van der Waals surface area contributed by atoms with E-state index in [1.807, 2.05) is 23.6 Å².